The van der Waals surface area contributed by atoms with Crippen molar-refractivity contribution >= 4 is 77.5 Å². The number of benzene rings is 4. The van der Waals surface area contributed by atoms with Gasteiger partial charge in [0, 0.05) is 33.0 Å². The second-order valence-corrected chi connectivity index (χ2v) is 20.1. The van der Waals surface area contributed by atoms with Gasteiger partial charge in [0.05, 0.1) is 79.3 Å². The molecule has 4 aromatic carbocycles. The molecule has 0 saturated heterocycles. The number of rotatable bonds is 0. The third-order valence-electron chi connectivity index (χ3n) is 16.9. The molecular formula is C52H38N6O12. The molecule has 70 heavy (non-hydrogen) atoms. The summed E-state index contributed by atoms with van der Waals surface area (Å²) in [4.78, 5) is 178. The molecule has 4 aromatic heterocycles. The van der Waals surface area contributed by atoms with Gasteiger partial charge in [-0.2, -0.15) is 0 Å². The molecule has 14 aliphatic heterocycles. The van der Waals surface area contributed by atoms with E-state index >= 15 is 0 Å². The maximum Gasteiger partial charge on any atom is 0.261 e. The highest BCUT2D eigenvalue weighted by Crippen LogP contribution is 2.44. The Morgan fingerprint density at radius 2 is 0.457 bits per heavy atom. The molecule has 0 spiro atoms. The largest absolute Gasteiger partial charge is 0.269 e. The van der Waals surface area contributed by atoms with Gasteiger partial charge in [-0.3, -0.25) is 85.6 Å². The summed E-state index contributed by atoms with van der Waals surface area (Å²) in [5.74, 6) is -2.94. The Morgan fingerprint density at radius 1 is 0.271 bits per heavy atom. The SMILES string of the molecule is O=C1c2ccc3c4c5ccc(c24)C(=O)N1[C@H]1CCCCC1n1c(=O)c2cc4c(=O)n(c(=O)c4cc2c1=O)[C@H]1CCCCC1n1c(=O)c2cc4c(=O)n(c(=O)c4cc2c1=O)[C@H]1CCCC[C@@H]1N(C3=O)C5=O. The van der Waals surface area contributed by atoms with Gasteiger partial charge in [-0.05, 0) is 87.1 Å². The molecule has 3 fully saturated rings. The van der Waals surface area contributed by atoms with Crippen LogP contribution < -0.4 is 44.5 Å². The summed E-state index contributed by atoms with van der Waals surface area (Å²) in [7, 11) is 0. The van der Waals surface area contributed by atoms with Crippen molar-refractivity contribution in [3.63, 3.8) is 0 Å². The summed E-state index contributed by atoms with van der Waals surface area (Å²) in [5, 5.41) is -0.866. The third-order valence-corrected chi connectivity index (χ3v) is 16.9. The first-order valence-electron chi connectivity index (χ1n) is 24.0. The van der Waals surface area contributed by atoms with Crippen LogP contribution in [0.4, 0.5) is 0 Å². The van der Waals surface area contributed by atoms with Crippen LogP contribution in [0.5, 0.6) is 0 Å². The summed E-state index contributed by atoms with van der Waals surface area (Å²) in [6.07, 6.45) is 4.66. The van der Waals surface area contributed by atoms with Crippen molar-refractivity contribution in [1.29, 1.82) is 0 Å². The molecule has 3 aliphatic carbocycles. The molecule has 25 rings (SSSR count). The summed E-state index contributed by atoms with van der Waals surface area (Å²) in [5.41, 5.74) is -5.99. The maximum absolute atomic E-state index is 14.8. The zero-order valence-corrected chi connectivity index (χ0v) is 37.2. The van der Waals surface area contributed by atoms with E-state index in [0.717, 1.165) is 28.1 Å². The van der Waals surface area contributed by atoms with Crippen molar-refractivity contribution < 1.29 is 19.2 Å². The van der Waals surface area contributed by atoms with Gasteiger partial charge in [0.2, 0.25) is 0 Å². The molecular weight excluding hydrogens is 901 g/mol. The standard InChI is InChI=1S/C52H38N6O12/c59-41-21-13-15-23-40-24-16-14-22(39(21)40)42(60)53(41)33-7-1-3-9-35(33)55-45(63)25-17-29-30(18-26(25)46(55)64)50(68)57(49(29)67)37-11-5-6-12-38(37)58-51(69)31-19-27-28(20-32(31)52(58)70)48(66)56(47(27)65)36-10-4-2-8-34(36)54(43(23)61)44(24)62/h13-20,33-38H,1-12H2/t33-,34-,35-,36?,37?,38-/m0/s1. The Balaban J connectivity index is 1.04. The van der Waals surface area contributed by atoms with E-state index < -0.39 is 104 Å². The fraction of sp³-hybridized carbons (Fsp3) is 0.346. The third kappa shape index (κ3) is 4.87. The van der Waals surface area contributed by atoms with Crippen molar-refractivity contribution in [3.05, 3.63) is 154 Å². The summed E-state index contributed by atoms with van der Waals surface area (Å²) in [6.45, 7) is 0. The minimum Gasteiger partial charge on any atom is -0.269 e. The summed E-state index contributed by atoms with van der Waals surface area (Å²) < 4.78 is 4.06. The van der Waals surface area contributed by atoms with Crippen LogP contribution in [0.25, 0.3) is 53.9 Å². The average molecular weight is 939 g/mol. The van der Waals surface area contributed by atoms with Crippen LogP contribution >= 0.6 is 0 Å². The Kier molecular flexibility index (Phi) is 8.10. The zero-order valence-electron chi connectivity index (χ0n) is 37.2. The van der Waals surface area contributed by atoms with E-state index in [1.165, 1.54) is 48.5 Å². The Bertz CT molecular complexity index is 3820. The zero-order chi connectivity index (χ0) is 48.1. The van der Waals surface area contributed by atoms with Gasteiger partial charge in [0.1, 0.15) is 0 Å². The highest BCUT2D eigenvalue weighted by molar-refractivity contribution is 6.33. The molecule has 18 nitrogen and oxygen atoms in total. The van der Waals surface area contributed by atoms with Crippen LogP contribution in [0.3, 0.4) is 0 Å². The minimum atomic E-state index is -1.00. The number of imide groups is 2. The van der Waals surface area contributed by atoms with Gasteiger partial charge < -0.3 is 0 Å². The second-order valence-electron chi connectivity index (χ2n) is 20.1. The van der Waals surface area contributed by atoms with Crippen LogP contribution in [0, 0.1) is 0 Å². The lowest BCUT2D eigenvalue weighted by atomic mass is 9.82. The normalized spacial score (nSPS) is 24.4. The first-order chi connectivity index (χ1) is 33.8. The fourth-order valence-corrected chi connectivity index (χ4v) is 13.8. The van der Waals surface area contributed by atoms with Crippen LogP contribution in [0.2, 0.25) is 0 Å². The van der Waals surface area contributed by atoms with Crippen molar-refractivity contribution in [2.75, 3.05) is 0 Å². The lowest BCUT2D eigenvalue weighted by Crippen LogP contribution is -2.54. The lowest BCUT2D eigenvalue weighted by molar-refractivity contribution is 0.0411. The smallest absolute Gasteiger partial charge is 0.261 e. The second kappa shape index (κ2) is 13.8. The Hall–Kier alpha value is -8.02. The molecule has 0 N–H and O–H groups in total. The highest BCUT2D eigenvalue weighted by Gasteiger charge is 2.48. The number of nitrogens with zero attached hydrogens (tertiary/aromatic N) is 6. The minimum absolute atomic E-state index is 0.0378. The molecule has 8 aromatic rings. The molecule has 348 valence electrons. The molecule has 18 heterocycles. The molecule has 4 amide bonds. The van der Waals surface area contributed by atoms with E-state index in [-0.39, 0.29) is 115 Å². The highest BCUT2D eigenvalue weighted by atomic mass is 16.2. The van der Waals surface area contributed by atoms with Gasteiger partial charge in [0.25, 0.3) is 68.1 Å². The summed E-state index contributed by atoms with van der Waals surface area (Å²) in [6, 6.07) is 4.63. The number of carbonyl (C=O) groups is 4. The van der Waals surface area contributed by atoms with Gasteiger partial charge in [-0.15, -0.1) is 0 Å². The van der Waals surface area contributed by atoms with E-state index in [0.29, 0.717) is 38.5 Å². The average Bonchev–Trinajstić information content (AvgIpc) is 3.96. The molecule has 17 aliphatic rings. The van der Waals surface area contributed by atoms with Crippen molar-refractivity contribution in [2.45, 2.75) is 113 Å². The van der Waals surface area contributed by atoms with Gasteiger partial charge >= 0.3 is 0 Å². The molecule has 2 unspecified atom stereocenters. The predicted molar refractivity (Wildman–Crippen MR) is 254 cm³/mol. The fourth-order valence-electron chi connectivity index (χ4n) is 13.8. The summed E-state index contributed by atoms with van der Waals surface area (Å²) >= 11 is 0. The van der Waals surface area contributed by atoms with Crippen molar-refractivity contribution in [2.24, 2.45) is 0 Å². The number of carbonyl (C=O) groups excluding carboxylic acids is 4. The van der Waals surface area contributed by atoms with Crippen LogP contribution in [-0.4, -0.2) is 63.8 Å². The van der Waals surface area contributed by atoms with Crippen LogP contribution in [0.15, 0.2) is 86.9 Å². The van der Waals surface area contributed by atoms with Gasteiger partial charge in [0.15, 0.2) is 0 Å². The van der Waals surface area contributed by atoms with E-state index in [1.807, 2.05) is 0 Å². The molecule has 6 atom stereocenters. The molecule has 20 bridgehead atoms. The number of hydrogen-bond acceptors (Lipinski definition) is 12. The molecule has 18 heteroatoms. The number of aromatic nitrogens is 4. The molecule has 3 saturated carbocycles. The first kappa shape index (κ1) is 41.0. The first-order valence-corrected chi connectivity index (χ1v) is 24.0. The van der Waals surface area contributed by atoms with Crippen molar-refractivity contribution in [3.8, 4) is 0 Å². The Morgan fingerprint density at radius 3 is 0.671 bits per heavy atom. The van der Waals surface area contributed by atoms with E-state index in [4.69, 9.17) is 0 Å². The molecule has 0 radical (unpaired) electrons. The topological polar surface area (TPSA) is 231 Å². The van der Waals surface area contributed by atoms with Crippen molar-refractivity contribution in [1.82, 2.24) is 28.1 Å². The lowest BCUT2D eigenvalue weighted by Gasteiger charge is -2.42. The van der Waals surface area contributed by atoms with Gasteiger partial charge in [-0.25, -0.2) is 0 Å². The number of hydrogen-bond donors (Lipinski definition) is 0. The number of amides is 4. The monoisotopic (exact) mass is 938 g/mol. The van der Waals surface area contributed by atoms with Crippen LogP contribution in [-0.2, 0) is 0 Å². The van der Waals surface area contributed by atoms with E-state index in [9.17, 15) is 57.5 Å². The van der Waals surface area contributed by atoms with Gasteiger partial charge in [-0.1, -0.05) is 38.5 Å². The van der Waals surface area contributed by atoms with E-state index in [1.54, 1.807) is 0 Å². The predicted octanol–water partition coefficient (Wildman–Crippen LogP) is 3.52. The quantitative estimate of drug-likeness (QED) is 0.199. The Labute approximate surface area is 390 Å². The maximum atomic E-state index is 14.8. The van der Waals surface area contributed by atoms with E-state index in [2.05, 4.69) is 0 Å². The van der Waals surface area contributed by atoms with Crippen LogP contribution in [0.1, 0.15) is 143 Å².